The molecule has 0 aliphatic rings. The minimum Gasteiger partial charge on any atom is -0.493 e. The largest absolute Gasteiger partial charge is 0.493 e. The molecule has 0 heterocycles. The van der Waals surface area contributed by atoms with Crippen LogP contribution < -0.4 is 10.5 Å². The predicted octanol–water partition coefficient (Wildman–Crippen LogP) is 1.16. The van der Waals surface area contributed by atoms with Crippen LogP contribution in [-0.2, 0) is 10.8 Å². The first kappa shape index (κ1) is 12.2. The molecule has 1 aromatic rings. The lowest BCUT2D eigenvalue weighted by Gasteiger charge is -2.05. The molecule has 3 nitrogen and oxygen atoms in total. The van der Waals surface area contributed by atoms with Crippen molar-refractivity contribution in [3.8, 4) is 5.75 Å². The molecule has 2 N–H and O–H groups in total. The predicted molar refractivity (Wildman–Crippen MR) is 63.5 cm³/mol. The topological polar surface area (TPSA) is 52.3 Å². The summed E-state index contributed by atoms with van der Waals surface area (Å²) < 4.78 is 16.8. The highest BCUT2D eigenvalue weighted by atomic mass is 32.2. The van der Waals surface area contributed by atoms with Crippen molar-refractivity contribution in [2.75, 3.05) is 24.7 Å². The summed E-state index contributed by atoms with van der Waals surface area (Å²) >= 11 is 0. The number of ether oxygens (including phenoxy) is 1. The summed E-state index contributed by atoms with van der Waals surface area (Å²) in [5.41, 5.74) is 5.33. The van der Waals surface area contributed by atoms with Crippen LogP contribution in [0.25, 0.3) is 0 Å². The van der Waals surface area contributed by atoms with Crippen LogP contribution in [0.2, 0.25) is 0 Å². The molecule has 0 bridgehead atoms. The second-order valence-corrected chi connectivity index (χ2v) is 4.85. The summed E-state index contributed by atoms with van der Waals surface area (Å²) in [7, 11) is -0.799. The molecule has 1 rings (SSSR count). The zero-order chi connectivity index (χ0) is 10.9. The Morgan fingerprint density at radius 3 is 2.60 bits per heavy atom. The van der Waals surface area contributed by atoms with E-state index in [4.69, 9.17) is 10.5 Å². The zero-order valence-electron chi connectivity index (χ0n) is 8.72. The van der Waals surface area contributed by atoms with E-state index >= 15 is 0 Å². The summed E-state index contributed by atoms with van der Waals surface area (Å²) in [5, 5.41) is 0. The van der Waals surface area contributed by atoms with Crippen LogP contribution >= 0.6 is 0 Å². The smallest absolute Gasteiger partial charge is 0.119 e. The maximum Gasteiger partial charge on any atom is 0.119 e. The van der Waals surface area contributed by atoms with E-state index in [1.807, 2.05) is 30.3 Å². The number of nitrogens with two attached hydrogens (primary N) is 1. The van der Waals surface area contributed by atoms with Crippen LogP contribution in [0.4, 0.5) is 0 Å². The third-order valence-electron chi connectivity index (χ3n) is 1.90. The monoisotopic (exact) mass is 227 g/mol. The van der Waals surface area contributed by atoms with Crippen LogP contribution in [0.5, 0.6) is 5.75 Å². The van der Waals surface area contributed by atoms with Crippen molar-refractivity contribution < 1.29 is 8.95 Å². The lowest BCUT2D eigenvalue weighted by Crippen LogP contribution is -2.13. The molecule has 15 heavy (non-hydrogen) atoms. The Morgan fingerprint density at radius 2 is 1.93 bits per heavy atom. The van der Waals surface area contributed by atoms with E-state index < -0.39 is 10.8 Å². The van der Waals surface area contributed by atoms with Gasteiger partial charge in [0.05, 0.1) is 12.4 Å². The summed E-state index contributed by atoms with van der Waals surface area (Å²) in [6, 6.07) is 9.55. The van der Waals surface area contributed by atoms with Gasteiger partial charge in [0.25, 0.3) is 0 Å². The molecule has 84 valence electrons. The van der Waals surface area contributed by atoms with Gasteiger partial charge < -0.3 is 10.5 Å². The highest BCUT2D eigenvalue weighted by Crippen LogP contribution is 2.07. The average Bonchev–Trinajstić information content (AvgIpc) is 2.28. The molecule has 0 aliphatic heterocycles. The molecular weight excluding hydrogens is 210 g/mol. The zero-order valence-corrected chi connectivity index (χ0v) is 9.54. The summed E-state index contributed by atoms with van der Waals surface area (Å²) in [4.78, 5) is 0. The van der Waals surface area contributed by atoms with E-state index in [-0.39, 0.29) is 0 Å². The van der Waals surface area contributed by atoms with Crippen molar-refractivity contribution in [1.82, 2.24) is 0 Å². The Balaban J connectivity index is 2.14. The maximum absolute atomic E-state index is 11.4. The standard InChI is InChI=1S/C11H17NO2S/c12-7-4-9-15(13)10-8-14-11-5-2-1-3-6-11/h1-3,5-6H,4,7-10,12H2. The summed E-state index contributed by atoms with van der Waals surface area (Å²) in [5.74, 6) is 2.08. The number of rotatable bonds is 7. The van der Waals surface area contributed by atoms with E-state index in [0.717, 1.165) is 12.2 Å². The molecule has 0 aromatic heterocycles. The minimum atomic E-state index is -0.799. The first-order valence-electron chi connectivity index (χ1n) is 5.06. The van der Waals surface area contributed by atoms with Crippen molar-refractivity contribution in [3.63, 3.8) is 0 Å². The molecule has 1 aromatic carbocycles. The van der Waals surface area contributed by atoms with E-state index in [1.54, 1.807) is 0 Å². The molecule has 0 fully saturated rings. The third-order valence-corrected chi connectivity index (χ3v) is 3.27. The third kappa shape index (κ3) is 5.54. The van der Waals surface area contributed by atoms with Gasteiger partial charge in [0.2, 0.25) is 0 Å². The SMILES string of the molecule is NCCCS(=O)CCOc1ccccc1. The summed E-state index contributed by atoms with van der Waals surface area (Å²) in [6.07, 6.45) is 0.817. The van der Waals surface area contributed by atoms with Gasteiger partial charge in [-0.25, -0.2) is 0 Å². The molecule has 0 aliphatic carbocycles. The fourth-order valence-corrected chi connectivity index (χ4v) is 2.08. The quantitative estimate of drug-likeness (QED) is 0.760. The Kier molecular flexibility index (Phi) is 6.04. The second-order valence-electron chi connectivity index (χ2n) is 3.15. The Labute approximate surface area is 93.1 Å². The molecule has 0 saturated heterocycles. The average molecular weight is 227 g/mol. The lowest BCUT2D eigenvalue weighted by atomic mass is 10.3. The maximum atomic E-state index is 11.4. The van der Waals surface area contributed by atoms with Gasteiger partial charge in [-0.15, -0.1) is 0 Å². The molecule has 4 heteroatoms. The number of para-hydroxylation sites is 1. The molecule has 0 spiro atoms. The van der Waals surface area contributed by atoms with Gasteiger partial charge in [0.1, 0.15) is 5.75 Å². The summed E-state index contributed by atoms with van der Waals surface area (Å²) in [6.45, 7) is 1.10. The Bertz CT molecular complexity index is 290. The van der Waals surface area contributed by atoms with Crippen molar-refractivity contribution in [2.24, 2.45) is 5.73 Å². The van der Waals surface area contributed by atoms with E-state index in [2.05, 4.69) is 0 Å². The van der Waals surface area contributed by atoms with Crippen LogP contribution in [0.1, 0.15) is 6.42 Å². The molecule has 1 atom stereocenters. The van der Waals surface area contributed by atoms with Gasteiger partial charge in [0.15, 0.2) is 0 Å². The van der Waals surface area contributed by atoms with Gasteiger partial charge in [0, 0.05) is 16.6 Å². The van der Waals surface area contributed by atoms with E-state index in [9.17, 15) is 4.21 Å². The normalized spacial score (nSPS) is 12.3. The van der Waals surface area contributed by atoms with Gasteiger partial charge in [-0.2, -0.15) is 0 Å². The highest BCUT2D eigenvalue weighted by Gasteiger charge is 1.99. The van der Waals surface area contributed by atoms with Gasteiger partial charge in [-0.05, 0) is 25.1 Å². The fraction of sp³-hybridized carbons (Fsp3) is 0.455. The number of hydrogen-bond donors (Lipinski definition) is 1. The van der Waals surface area contributed by atoms with Gasteiger partial charge in [-0.3, -0.25) is 4.21 Å². The lowest BCUT2D eigenvalue weighted by molar-refractivity contribution is 0.342. The van der Waals surface area contributed by atoms with Gasteiger partial charge >= 0.3 is 0 Å². The molecular formula is C11H17NO2S. The second kappa shape index (κ2) is 7.43. The Hall–Kier alpha value is -0.870. The fourth-order valence-electron chi connectivity index (χ4n) is 1.12. The van der Waals surface area contributed by atoms with Crippen LogP contribution in [0.15, 0.2) is 30.3 Å². The van der Waals surface area contributed by atoms with Crippen molar-refractivity contribution in [3.05, 3.63) is 30.3 Å². The Morgan fingerprint density at radius 1 is 1.20 bits per heavy atom. The van der Waals surface area contributed by atoms with Crippen molar-refractivity contribution in [1.29, 1.82) is 0 Å². The van der Waals surface area contributed by atoms with Gasteiger partial charge in [-0.1, -0.05) is 18.2 Å². The molecule has 1 unspecified atom stereocenters. The van der Waals surface area contributed by atoms with E-state index in [0.29, 0.717) is 24.7 Å². The van der Waals surface area contributed by atoms with Crippen LogP contribution in [-0.4, -0.2) is 28.9 Å². The number of benzene rings is 1. The number of hydrogen-bond acceptors (Lipinski definition) is 3. The minimum absolute atomic E-state index is 0.501. The van der Waals surface area contributed by atoms with Crippen LogP contribution in [0.3, 0.4) is 0 Å². The van der Waals surface area contributed by atoms with Crippen molar-refractivity contribution in [2.45, 2.75) is 6.42 Å². The van der Waals surface area contributed by atoms with Crippen LogP contribution in [0, 0.1) is 0 Å². The first-order valence-corrected chi connectivity index (χ1v) is 6.54. The van der Waals surface area contributed by atoms with E-state index in [1.165, 1.54) is 0 Å². The molecule has 0 saturated carbocycles. The molecule has 0 amide bonds. The highest BCUT2D eigenvalue weighted by molar-refractivity contribution is 7.84. The molecule has 0 radical (unpaired) electrons. The van der Waals surface area contributed by atoms with Crippen molar-refractivity contribution >= 4 is 10.8 Å². The first-order chi connectivity index (χ1) is 7.33.